The maximum Gasteiger partial charge on any atom is 0.364 e. The van der Waals surface area contributed by atoms with Crippen LogP contribution < -0.4 is 31.9 Å². The van der Waals surface area contributed by atoms with Crippen LogP contribution in [0.3, 0.4) is 0 Å². The molecule has 0 aromatic rings. The Hall–Kier alpha value is -5.71. The second kappa shape index (κ2) is 51.8. The van der Waals surface area contributed by atoms with E-state index in [1.165, 1.54) is 6.92 Å². The third kappa shape index (κ3) is 26.9. The fourth-order valence-electron chi connectivity index (χ4n) is 18.8. The largest absolute Gasteiger partial charge is 0.477 e. The summed E-state index contributed by atoms with van der Waals surface area (Å²) in [5.41, 5.74) is 0. The van der Waals surface area contributed by atoms with Gasteiger partial charge in [0.25, 0.3) is 5.79 Å². The molecule has 0 aliphatic carbocycles. The molecule has 836 valence electrons. The van der Waals surface area contributed by atoms with Gasteiger partial charge >= 0.3 is 5.97 Å². The van der Waals surface area contributed by atoms with E-state index in [0.29, 0.717) is 0 Å². The van der Waals surface area contributed by atoms with Crippen molar-refractivity contribution in [3.63, 3.8) is 0 Å². The van der Waals surface area contributed by atoms with E-state index in [0.717, 1.165) is 41.5 Å². The monoisotopic (exact) mass is 2120 g/mol. The van der Waals surface area contributed by atoms with Gasteiger partial charge in [-0.1, -0.05) is 0 Å². The fourth-order valence-corrected chi connectivity index (χ4v) is 18.8. The Balaban J connectivity index is 1.00. The van der Waals surface area contributed by atoms with Crippen molar-refractivity contribution in [1.82, 2.24) is 31.9 Å². The highest BCUT2D eigenvalue weighted by atomic mass is 16.8. The zero-order valence-electron chi connectivity index (χ0n) is 78.4. The standard InChI is InChI=1S/C81H134N6O58/c1-19-43(104)55(116)58(119)75(127-19)125-17-35-63(52(113)38(70(122)128-35)83-21(3)97)137-73-41(86-24(6)100)53(114)62(33(15-94)134-73)139-77-60(121)67(64(140-71-39(84-22(4)98)50(111)45(106)28(10-89)129-71)36(136-77)18-126-78-68(56(117)47(108)30(12-91)132-78)142-72-40(85-23(5)99)51(112)46(107)29(11-90)130-72)141-79-69(57(118)48(109)31(13-92)133-79)143-74-42(87-25(7)101)54(115)61(34(16-95)135-74)138-76-59(120)66(49(110)32(14-93)131-76)145-81(80(123)124)8-26(102)37(82-20(2)96)65(144-81)44(105)27(103)9-88/h19,26-79,88-95,102-122H,8-18H2,1-7H3,(H,82,96)(H,83,97)(H,84,98)(H,85,99)(H,86,100)(H,87,101)(H,123,124)/t19-,26+,27-,28-,29-,30-,31-,32-,33-,34-,35-,36-,37-,38-,39+,40-,41-,42-,43+,44-,45-,46-,47-,48-,49+,50-,51-,52-,53-,54-,55+,56+,57+,58-,59-,60+,61-,62-,63-,64-,65-,66+,67-,68+,69+,70-,71+,72+,73+,74+,75+,76+,77+,78+,79-,81+/m1/s1. The van der Waals surface area contributed by atoms with Crippen molar-refractivity contribution in [2.24, 2.45) is 0 Å². The van der Waals surface area contributed by atoms with Crippen molar-refractivity contribution in [3.8, 4) is 0 Å². The maximum atomic E-state index is 13.6. The Morgan fingerprint density at radius 1 is 0.297 bits per heavy atom. The average molecular weight is 2120 g/mol. The SMILES string of the molecule is CC(=O)N[C@@H]1[C@H](O[C@H]2[C@H](O[C@H]3O[C@H](CO)[C@@H](O)[C@H](O)[C@@H]3O[C@@H]3O[C@H](CO)[C@@H](O[C@@H]4O[C@H](CO)[C@H](O)[C@H](O[C@]5(C(=O)O)C[C@H](O)[C@@H](NC(C)=O)[C@H]([C@H](O)[C@H](O)CO)O5)[C@H]4O)[C@H](O)[C@H]3NC(C)=O)[C@H](O)[C@H](O[C@H]3[C@H](O)[C@@H](NC(C)=O)[C@H](O[C@H]4[C@H](O)[C@@H](NC(C)=O)[C@H](O)O[C@@H]4CO[C@H]4O[C@H](C)[C@H](O)[C@H](O)[C@H]4O)O[C@@H]3CO)O[C@@H]2CO[C@H]2O[C@H](CO)[C@@H](O)[C@H](O)[C@@H]2O[C@@H]2O[C@H](CO)[C@@H](O)[C@H](O)[C@H]2NC(C)=O)O[C@H](CO)[C@@H](O)[C@@H]1O. The summed E-state index contributed by atoms with van der Waals surface area (Å²) in [4.78, 5) is 91.5. The summed E-state index contributed by atoms with van der Waals surface area (Å²) in [6, 6.07) is -12.0. The molecule has 0 aromatic carbocycles. The zero-order valence-corrected chi connectivity index (χ0v) is 78.4. The van der Waals surface area contributed by atoms with E-state index < -0.39 is 457 Å². The molecule has 64 heteroatoms. The number of carbonyl (C=O) groups excluding carboxylic acids is 6. The molecular formula is C81H134N6O58. The molecule has 11 rings (SSSR count). The topological polar surface area (TPSA) is 992 Å². The van der Waals surface area contributed by atoms with Crippen LogP contribution in [0, 0.1) is 0 Å². The first-order valence-electron chi connectivity index (χ1n) is 46.1. The number of hydrogen-bond acceptors (Lipinski definition) is 57. The molecule has 0 spiro atoms. The lowest BCUT2D eigenvalue weighted by molar-refractivity contribution is -0.409. The number of aliphatic hydroxyl groups is 29. The van der Waals surface area contributed by atoms with Gasteiger partial charge in [-0.15, -0.1) is 0 Å². The number of ether oxygens (including phenoxy) is 21. The van der Waals surface area contributed by atoms with E-state index in [2.05, 4.69) is 31.9 Å². The lowest BCUT2D eigenvalue weighted by Crippen LogP contribution is -2.72. The molecular weight excluding hydrogens is 1980 g/mol. The molecule has 36 N–H and O–H groups in total. The van der Waals surface area contributed by atoms with Crippen LogP contribution in [-0.2, 0) is 133 Å². The number of hydrogen-bond donors (Lipinski definition) is 36. The van der Waals surface area contributed by atoms with Gasteiger partial charge in [-0.05, 0) is 6.92 Å². The molecule has 0 radical (unpaired) electrons. The van der Waals surface area contributed by atoms with Crippen LogP contribution in [0.1, 0.15) is 54.9 Å². The Kier molecular flexibility index (Phi) is 42.7. The Morgan fingerprint density at radius 2 is 0.614 bits per heavy atom. The third-order valence-electron chi connectivity index (χ3n) is 26.3. The summed E-state index contributed by atoms with van der Waals surface area (Å²) in [7, 11) is 0. The molecule has 0 unspecified atom stereocenters. The number of amides is 6. The van der Waals surface area contributed by atoms with Crippen molar-refractivity contribution < 1.29 is 286 Å². The van der Waals surface area contributed by atoms with Crippen molar-refractivity contribution in [2.75, 3.05) is 66.1 Å². The van der Waals surface area contributed by atoms with Gasteiger partial charge < -0.3 is 285 Å². The van der Waals surface area contributed by atoms with E-state index >= 15 is 0 Å². The molecule has 6 amide bonds. The molecule has 11 aliphatic heterocycles. The zero-order chi connectivity index (χ0) is 107. The molecule has 64 nitrogen and oxygen atoms in total. The van der Waals surface area contributed by atoms with Gasteiger partial charge in [0.15, 0.2) is 62.9 Å². The average Bonchev–Trinajstić information content (AvgIpc) is 0.757. The number of aliphatic carboxylic acids is 1. The highest BCUT2D eigenvalue weighted by Crippen LogP contribution is 2.44. The highest BCUT2D eigenvalue weighted by molar-refractivity contribution is 5.77. The molecule has 145 heavy (non-hydrogen) atoms. The van der Waals surface area contributed by atoms with Gasteiger partial charge in [0, 0.05) is 48.0 Å². The van der Waals surface area contributed by atoms with Crippen LogP contribution in [-0.4, -0.2) is 604 Å². The molecule has 0 aromatic heterocycles. The molecule has 56 atom stereocenters. The summed E-state index contributed by atoms with van der Waals surface area (Å²) in [6.45, 7) is -5.81. The first-order valence-corrected chi connectivity index (χ1v) is 46.1. The summed E-state index contributed by atoms with van der Waals surface area (Å²) in [5.74, 6) is -11.6. The van der Waals surface area contributed by atoms with Crippen LogP contribution >= 0.6 is 0 Å². The van der Waals surface area contributed by atoms with Gasteiger partial charge in [0.05, 0.1) is 84.3 Å². The van der Waals surface area contributed by atoms with Gasteiger partial charge in [-0.25, -0.2) is 4.79 Å². The summed E-state index contributed by atoms with van der Waals surface area (Å²) in [6.07, 6.45) is -112. The van der Waals surface area contributed by atoms with Crippen LogP contribution in [0.25, 0.3) is 0 Å². The van der Waals surface area contributed by atoms with Gasteiger partial charge in [0.1, 0.15) is 256 Å². The molecule has 11 heterocycles. The van der Waals surface area contributed by atoms with E-state index in [-0.39, 0.29) is 0 Å². The number of carbonyl (C=O) groups is 7. The molecule has 11 fully saturated rings. The minimum Gasteiger partial charge on any atom is -0.477 e. The number of rotatable bonds is 39. The second-order valence-corrected chi connectivity index (χ2v) is 36.7. The molecule has 11 saturated heterocycles. The maximum absolute atomic E-state index is 13.6. The van der Waals surface area contributed by atoms with Crippen molar-refractivity contribution in [3.05, 3.63) is 0 Å². The van der Waals surface area contributed by atoms with Crippen molar-refractivity contribution >= 4 is 41.4 Å². The lowest BCUT2D eigenvalue weighted by atomic mass is 9.88. The summed E-state index contributed by atoms with van der Waals surface area (Å²) in [5, 5.41) is 356. The smallest absolute Gasteiger partial charge is 0.364 e. The Morgan fingerprint density at radius 3 is 1.04 bits per heavy atom. The number of nitrogens with one attached hydrogen (secondary N) is 6. The number of carboxylic acid groups (broad SMARTS) is 1. The van der Waals surface area contributed by atoms with Crippen LogP contribution in [0.5, 0.6) is 0 Å². The predicted octanol–water partition coefficient (Wildman–Crippen LogP) is -23.9. The van der Waals surface area contributed by atoms with Gasteiger partial charge in [0.2, 0.25) is 35.4 Å². The van der Waals surface area contributed by atoms with Gasteiger partial charge in [-0.2, -0.15) is 0 Å². The van der Waals surface area contributed by atoms with Crippen molar-refractivity contribution in [2.45, 2.75) is 398 Å². The Bertz CT molecular complexity index is 4150. The van der Waals surface area contributed by atoms with Crippen LogP contribution in [0.4, 0.5) is 0 Å². The van der Waals surface area contributed by atoms with E-state index in [1.54, 1.807) is 0 Å². The van der Waals surface area contributed by atoms with Crippen molar-refractivity contribution in [1.29, 1.82) is 0 Å². The van der Waals surface area contributed by atoms with Gasteiger partial charge in [-0.3, -0.25) is 28.8 Å². The first-order chi connectivity index (χ1) is 68.4. The lowest BCUT2D eigenvalue weighted by Gasteiger charge is -2.52. The Labute approximate surface area is 821 Å². The van der Waals surface area contributed by atoms with E-state index in [4.69, 9.17) is 99.5 Å². The summed E-state index contributed by atoms with van der Waals surface area (Å²) >= 11 is 0. The van der Waals surface area contributed by atoms with E-state index in [9.17, 15) is 187 Å². The quantitative estimate of drug-likeness (QED) is 0.0272. The minimum absolute atomic E-state index is 0.820. The highest BCUT2D eigenvalue weighted by Gasteiger charge is 2.65. The van der Waals surface area contributed by atoms with E-state index in [1.807, 2.05) is 0 Å². The minimum atomic E-state index is -3.37. The van der Waals surface area contributed by atoms with Crippen LogP contribution in [0.15, 0.2) is 0 Å². The number of carboxylic acids is 1. The third-order valence-corrected chi connectivity index (χ3v) is 26.3. The first kappa shape index (κ1) is 120. The fraction of sp³-hybridized carbons (Fsp3) is 0.914. The summed E-state index contributed by atoms with van der Waals surface area (Å²) < 4.78 is 128. The normalized spacial score (nSPS) is 47.2. The number of aliphatic hydroxyl groups excluding tert-OH is 29. The molecule has 0 saturated carbocycles. The van der Waals surface area contributed by atoms with Crippen LogP contribution in [0.2, 0.25) is 0 Å². The molecule has 11 aliphatic rings. The second-order valence-electron chi connectivity index (χ2n) is 36.7. The predicted molar refractivity (Wildman–Crippen MR) is 448 cm³/mol. The molecule has 0 bridgehead atoms.